The van der Waals surface area contributed by atoms with Crippen LogP contribution in [0, 0.1) is 0 Å². The average molecular weight is 290 g/mol. The smallest absolute Gasteiger partial charge is 0.223 e. The number of aryl methyl sites for hydroxylation is 1. The molecule has 5 nitrogen and oxygen atoms in total. The molecular formula is C14H18N4OS. The Labute approximate surface area is 122 Å². The highest BCUT2D eigenvalue weighted by atomic mass is 32.1. The van der Waals surface area contributed by atoms with Gasteiger partial charge < -0.3 is 4.90 Å². The topological polar surface area (TPSA) is 61.9 Å². The Hall–Kier alpha value is -1.69. The zero-order valence-electron chi connectivity index (χ0n) is 11.3. The maximum absolute atomic E-state index is 12.5. The summed E-state index contributed by atoms with van der Waals surface area (Å²) in [6.07, 6.45) is 6.09. The van der Waals surface area contributed by atoms with Crippen molar-refractivity contribution in [3.8, 4) is 0 Å². The second-order valence-electron chi connectivity index (χ2n) is 5.10. The van der Waals surface area contributed by atoms with Gasteiger partial charge in [-0.3, -0.25) is 9.89 Å². The van der Waals surface area contributed by atoms with Gasteiger partial charge in [-0.2, -0.15) is 16.4 Å². The van der Waals surface area contributed by atoms with Crippen molar-refractivity contribution in [2.75, 3.05) is 6.54 Å². The molecule has 2 aromatic rings. The molecule has 1 aliphatic heterocycles. The van der Waals surface area contributed by atoms with E-state index in [1.165, 1.54) is 11.9 Å². The molecular weight excluding hydrogens is 272 g/mol. The minimum absolute atomic E-state index is 0.0706. The van der Waals surface area contributed by atoms with Gasteiger partial charge in [-0.05, 0) is 48.1 Å². The van der Waals surface area contributed by atoms with Crippen LogP contribution in [-0.2, 0) is 11.2 Å². The van der Waals surface area contributed by atoms with Crippen LogP contribution in [0.4, 0.5) is 0 Å². The molecule has 1 N–H and O–H groups in total. The quantitative estimate of drug-likeness (QED) is 0.941. The zero-order valence-corrected chi connectivity index (χ0v) is 12.1. The molecule has 2 aromatic heterocycles. The number of likely N-dealkylation sites (tertiary alicyclic amines) is 1. The molecule has 0 saturated carbocycles. The van der Waals surface area contributed by atoms with Gasteiger partial charge in [-0.25, -0.2) is 4.98 Å². The fourth-order valence-corrected chi connectivity index (χ4v) is 3.42. The molecule has 0 radical (unpaired) electrons. The van der Waals surface area contributed by atoms with E-state index in [0.717, 1.165) is 38.1 Å². The highest BCUT2D eigenvalue weighted by molar-refractivity contribution is 7.07. The van der Waals surface area contributed by atoms with Crippen LogP contribution in [0.25, 0.3) is 0 Å². The largest absolute Gasteiger partial charge is 0.332 e. The molecule has 1 aliphatic rings. The lowest BCUT2D eigenvalue weighted by Gasteiger charge is -2.34. The van der Waals surface area contributed by atoms with Crippen molar-refractivity contribution in [3.05, 3.63) is 34.5 Å². The van der Waals surface area contributed by atoms with Crippen molar-refractivity contribution in [1.29, 1.82) is 0 Å². The van der Waals surface area contributed by atoms with E-state index in [9.17, 15) is 4.79 Å². The first-order chi connectivity index (χ1) is 9.84. The summed E-state index contributed by atoms with van der Waals surface area (Å²) in [6.45, 7) is 0.827. The van der Waals surface area contributed by atoms with Gasteiger partial charge in [0.2, 0.25) is 5.91 Å². The summed E-state index contributed by atoms with van der Waals surface area (Å²) >= 11 is 1.68. The van der Waals surface area contributed by atoms with Crippen molar-refractivity contribution in [3.63, 3.8) is 0 Å². The van der Waals surface area contributed by atoms with Crippen LogP contribution in [-0.4, -0.2) is 32.5 Å². The summed E-state index contributed by atoms with van der Waals surface area (Å²) in [5.74, 6) is 1.03. The van der Waals surface area contributed by atoms with E-state index in [0.29, 0.717) is 6.42 Å². The Morgan fingerprint density at radius 1 is 1.50 bits per heavy atom. The van der Waals surface area contributed by atoms with E-state index in [-0.39, 0.29) is 11.9 Å². The van der Waals surface area contributed by atoms with Gasteiger partial charge in [0, 0.05) is 13.0 Å². The van der Waals surface area contributed by atoms with Crippen molar-refractivity contribution < 1.29 is 4.79 Å². The maximum Gasteiger partial charge on any atom is 0.223 e. The monoisotopic (exact) mass is 290 g/mol. The molecule has 1 amide bonds. The second kappa shape index (κ2) is 6.17. The Kier molecular flexibility index (Phi) is 4.11. The van der Waals surface area contributed by atoms with Crippen LogP contribution in [0.1, 0.15) is 43.1 Å². The summed E-state index contributed by atoms with van der Waals surface area (Å²) in [6, 6.07) is 2.16. The molecule has 1 atom stereocenters. The number of piperidine rings is 1. The molecule has 0 aromatic carbocycles. The summed E-state index contributed by atoms with van der Waals surface area (Å²) in [5, 5.41) is 11.0. The standard InChI is InChI=1S/C14H18N4OS/c19-13(5-4-11-6-8-20-9-11)18-7-2-1-3-12(18)14-15-10-16-17-14/h6,8-10,12H,1-5,7H2,(H,15,16,17). The number of carbonyl (C=O) groups excluding carboxylic acids is 1. The number of amides is 1. The van der Waals surface area contributed by atoms with Crippen LogP contribution in [0.5, 0.6) is 0 Å². The van der Waals surface area contributed by atoms with E-state index in [1.54, 1.807) is 11.3 Å². The van der Waals surface area contributed by atoms with Crippen molar-refractivity contribution in [2.45, 2.75) is 38.1 Å². The van der Waals surface area contributed by atoms with E-state index in [4.69, 9.17) is 0 Å². The third-order valence-electron chi connectivity index (χ3n) is 3.78. The number of aromatic amines is 1. The molecule has 3 rings (SSSR count). The Bertz CT molecular complexity index is 538. The third-order valence-corrected chi connectivity index (χ3v) is 4.51. The van der Waals surface area contributed by atoms with Crippen molar-refractivity contribution in [2.24, 2.45) is 0 Å². The number of rotatable bonds is 4. The zero-order chi connectivity index (χ0) is 13.8. The number of carbonyl (C=O) groups is 1. The first kappa shape index (κ1) is 13.3. The molecule has 0 spiro atoms. The lowest BCUT2D eigenvalue weighted by Crippen LogP contribution is -2.39. The summed E-state index contributed by atoms with van der Waals surface area (Å²) < 4.78 is 0. The number of thiophene rings is 1. The van der Waals surface area contributed by atoms with E-state index >= 15 is 0 Å². The van der Waals surface area contributed by atoms with Gasteiger partial charge in [0.25, 0.3) is 0 Å². The van der Waals surface area contributed by atoms with Crippen LogP contribution < -0.4 is 0 Å². The molecule has 106 valence electrons. The molecule has 0 bridgehead atoms. The van der Waals surface area contributed by atoms with Gasteiger partial charge in [-0.1, -0.05) is 0 Å². The van der Waals surface area contributed by atoms with Crippen LogP contribution >= 0.6 is 11.3 Å². The molecule has 1 unspecified atom stereocenters. The summed E-state index contributed by atoms with van der Waals surface area (Å²) in [4.78, 5) is 18.7. The molecule has 1 fully saturated rings. The van der Waals surface area contributed by atoms with Gasteiger partial charge in [0.15, 0.2) is 0 Å². The van der Waals surface area contributed by atoms with E-state index in [1.807, 2.05) is 4.90 Å². The predicted molar refractivity (Wildman–Crippen MR) is 77.3 cm³/mol. The summed E-state index contributed by atoms with van der Waals surface area (Å²) in [5.41, 5.74) is 1.25. The predicted octanol–water partition coefficient (Wildman–Crippen LogP) is 2.55. The van der Waals surface area contributed by atoms with Crippen LogP contribution in [0.15, 0.2) is 23.2 Å². The Balaban J connectivity index is 1.65. The van der Waals surface area contributed by atoms with Crippen LogP contribution in [0.3, 0.4) is 0 Å². The minimum atomic E-state index is 0.0706. The van der Waals surface area contributed by atoms with E-state index < -0.39 is 0 Å². The Morgan fingerprint density at radius 2 is 2.45 bits per heavy atom. The average Bonchev–Trinajstić information content (AvgIpc) is 3.18. The lowest BCUT2D eigenvalue weighted by molar-refractivity contribution is -0.135. The third kappa shape index (κ3) is 2.90. The van der Waals surface area contributed by atoms with Gasteiger partial charge in [-0.15, -0.1) is 0 Å². The fourth-order valence-electron chi connectivity index (χ4n) is 2.72. The highest BCUT2D eigenvalue weighted by Gasteiger charge is 2.29. The molecule has 0 aliphatic carbocycles. The number of hydrogen-bond donors (Lipinski definition) is 1. The number of H-pyrrole nitrogens is 1. The van der Waals surface area contributed by atoms with E-state index in [2.05, 4.69) is 32.0 Å². The number of nitrogens with one attached hydrogen (secondary N) is 1. The minimum Gasteiger partial charge on any atom is -0.332 e. The van der Waals surface area contributed by atoms with Gasteiger partial charge in [0.1, 0.15) is 12.2 Å². The van der Waals surface area contributed by atoms with Gasteiger partial charge >= 0.3 is 0 Å². The number of aromatic nitrogens is 3. The molecule has 3 heterocycles. The van der Waals surface area contributed by atoms with Crippen molar-refractivity contribution >= 4 is 17.2 Å². The summed E-state index contributed by atoms with van der Waals surface area (Å²) in [7, 11) is 0. The van der Waals surface area contributed by atoms with Crippen LogP contribution in [0.2, 0.25) is 0 Å². The number of nitrogens with zero attached hydrogens (tertiary/aromatic N) is 3. The number of hydrogen-bond acceptors (Lipinski definition) is 4. The molecule has 20 heavy (non-hydrogen) atoms. The molecule has 1 saturated heterocycles. The van der Waals surface area contributed by atoms with Gasteiger partial charge in [0.05, 0.1) is 6.04 Å². The SMILES string of the molecule is O=C(CCc1ccsc1)N1CCCCC1c1ncn[nH]1. The maximum atomic E-state index is 12.5. The fraction of sp³-hybridized carbons (Fsp3) is 0.500. The van der Waals surface area contributed by atoms with Crippen molar-refractivity contribution in [1.82, 2.24) is 20.1 Å². The molecule has 6 heteroatoms. The Morgan fingerprint density at radius 3 is 3.20 bits per heavy atom. The normalized spacial score (nSPS) is 19.2. The second-order valence-corrected chi connectivity index (χ2v) is 5.88. The first-order valence-electron chi connectivity index (χ1n) is 7.00. The highest BCUT2D eigenvalue weighted by Crippen LogP contribution is 2.29. The lowest BCUT2D eigenvalue weighted by atomic mass is 10.0. The first-order valence-corrected chi connectivity index (χ1v) is 7.94.